The Labute approximate surface area is 183 Å². The molecule has 0 unspecified atom stereocenters. The second-order valence-electron chi connectivity index (χ2n) is 6.99. The summed E-state index contributed by atoms with van der Waals surface area (Å²) in [7, 11) is 1.70. The van der Waals surface area contributed by atoms with Crippen LogP contribution < -0.4 is 14.9 Å². The highest BCUT2D eigenvalue weighted by Crippen LogP contribution is 2.37. The number of nitrogens with zero attached hydrogens (tertiary/aromatic N) is 3. The van der Waals surface area contributed by atoms with E-state index in [1.807, 2.05) is 13.8 Å². The van der Waals surface area contributed by atoms with E-state index in [-0.39, 0.29) is 30.5 Å². The van der Waals surface area contributed by atoms with Crippen LogP contribution >= 0.6 is 11.9 Å². The Balaban J connectivity index is 0.00000166. The molecule has 2 heterocycles. The number of piperidine rings is 1. The molecule has 2 aromatic rings. The molecule has 3 rings (SSSR count). The van der Waals surface area contributed by atoms with E-state index in [1.54, 1.807) is 20.0 Å². The zero-order valence-corrected chi connectivity index (χ0v) is 18.7. The third-order valence-corrected chi connectivity index (χ3v) is 5.31. The summed E-state index contributed by atoms with van der Waals surface area (Å²) < 4.78 is 57.5. The van der Waals surface area contributed by atoms with Crippen LogP contribution in [-0.4, -0.2) is 40.8 Å². The lowest BCUT2D eigenvalue weighted by atomic mass is 9.94. The lowest BCUT2D eigenvalue weighted by Crippen LogP contribution is -2.43. The number of hydrogen-bond acceptors (Lipinski definition) is 7. The minimum atomic E-state index is -4.63. The monoisotopic (exact) mass is 461 g/mol. The van der Waals surface area contributed by atoms with Gasteiger partial charge in [-0.2, -0.15) is 18.2 Å². The number of aromatic nitrogens is 2. The molecule has 0 spiro atoms. The number of hydrogen-bond donors (Lipinski definition) is 3. The lowest BCUT2D eigenvalue weighted by Gasteiger charge is -2.37. The largest absolute Gasteiger partial charge is 0.421 e. The summed E-state index contributed by atoms with van der Waals surface area (Å²) in [6, 6.07) is 4.42. The number of benzene rings is 1. The number of nitrogens with one attached hydrogen (secondary N) is 2. The van der Waals surface area contributed by atoms with Crippen molar-refractivity contribution in [2.24, 2.45) is 0 Å². The molecule has 1 aliphatic rings. The molecule has 0 atom stereocenters. The molecule has 1 aromatic carbocycles. The van der Waals surface area contributed by atoms with Crippen LogP contribution in [0.5, 0.6) is 0 Å². The van der Waals surface area contributed by atoms with Gasteiger partial charge in [0.05, 0.1) is 11.3 Å². The Bertz CT molecular complexity index is 869. The van der Waals surface area contributed by atoms with Gasteiger partial charge in [-0.15, -0.1) is 0 Å². The van der Waals surface area contributed by atoms with E-state index in [2.05, 4.69) is 20.0 Å². The van der Waals surface area contributed by atoms with Crippen molar-refractivity contribution in [3.05, 3.63) is 35.8 Å². The first-order valence-corrected chi connectivity index (χ1v) is 10.7. The van der Waals surface area contributed by atoms with Crippen molar-refractivity contribution < 1.29 is 22.7 Å². The standard InChI is InChI=1S/C18H21F4N5OS.C2H6/c1-17(28)5-7-27(8-6-17)15-12(18(20,21)22)10-24-16(26-15)25-14-4-3-11(29-23-2)9-13(14)19;1-2/h3-4,9-10,23,28H,5-8H2,1-2H3,(H,24,25,26);1-2H3. The van der Waals surface area contributed by atoms with Crippen molar-refractivity contribution in [1.29, 1.82) is 0 Å². The van der Waals surface area contributed by atoms with E-state index in [0.29, 0.717) is 23.9 Å². The summed E-state index contributed by atoms with van der Waals surface area (Å²) in [6.07, 6.45) is -3.31. The third kappa shape index (κ3) is 6.68. The number of halogens is 4. The first-order valence-electron chi connectivity index (χ1n) is 9.91. The molecule has 0 amide bonds. The fourth-order valence-electron chi connectivity index (χ4n) is 2.97. The predicted molar refractivity (Wildman–Crippen MR) is 115 cm³/mol. The quantitative estimate of drug-likeness (QED) is 0.428. The molecule has 11 heteroatoms. The highest BCUT2D eigenvalue weighted by molar-refractivity contribution is 7.97. The minimum Gasteiger partial charge on any atom is -0.390 e. The van der Waals surface area contributed by atoms with Gasteiger partial charge in [0.1, 0.15) is 17.2 Å². The van der Waals surface area contributed by atoms with Crippen LogP contribution in [-0.2, 0) is 6.18 Å². The molecule has 31 heavy (non-hydrogen) atoms. The second kappa shape index (κ2) is 10.5. The molecular formula is C20H27F4N5OS. The van der Waals surface area contributed by atoms with Gasteiger partial charge in [0.2, 0.25) is 5.95 Å². The number of alkyl halides is 3. The van der Waals surface area contributed by atoms with Crippen molar-refractivity contribution >= 4 is 29.4 Å². The Kier molecular flexibility index (Phi) is 8.49. The smallest absolute Gasteiger partial charge is 0.390 e. The second-order valence-corrected chi connectivity index (χ2v) is 8.07. The van der Waals surface area contributed by atoms with Crippen LogP contribution in [0.15, 0.2) is 29.3 Å². The molecule has 1 aromatic heterocycles. The lowest BCUT2D eigenvalue weighted by molar-refractivity contribution is -0.137. The molecule has 172 valence electrons. The first-order chi connectivity index (χ1) is 14.6. The summed E-state index contributed by atoms with van der Waals surface area (Å²) in [6.45, 7) is 6.09. The van der Waals surface area contributed by atoms with E-state index in [4.69, 9.17) is 0 Å². The van der Waals surface area contributed by atoms with Crippen molar-refractivity contribution in [2.75, 3.05) is 30.4 Å². The van der Waals surface area contributed by atoms with E-state index in [0.717, 1.165) is 0 Å². The van der Waals surface area contributed by atoms with Crippen LogP contribution in [0.1, 0.15) is 39.2 Å². The van der Waals surface area contributed by atoms with E-state index in [9.17, 15) is 22.7 Å². The van der Waals surface area contributed by atoms with Gasteiger partial charge < -0.3 is 15.3 Å². The Morgan fingerprint density at radius 3 is 2.39 bits per heavy atom. The highest BCUT2D eigenvalue weighted by Gasteiger charge is 2.38. The number of rotatable bonds is 5. The van der Waals surface area contributed by atoms with Gasteiger partial charge in [-0.1, -0.05) is 13.8 Å². The molecule has 1 aliphatic heterocycles. The summed E-state index contributed by atoms with van der Waals surface area (Å²) in [5, 5.41) is 12.7. The van der Waals surface area contributed by atoms with Crippen molar-refractivity contribution in [1.82, 2.24) is 14.7 Å². The predicted octanol–water partition coefficient (Wildman–Crippen LogP) is 4.98. The van der Waals surface area contributed by atoms with Gasteiger partial charge in [0.25, 0.3) is 0 Å². The van der Waals surface area contributed by atoms with Crippen molar-refractivity contribution in [2.45, 2.75) is 50.3 Å². The summed E-state index contributed by atoms with van der Waals surface area (Å²) in [4.78, 5) is 9.86. The van der Waals surface area contributed by atoms with E-state index < -0.39 is 23.2 Å². The van der Waals surface area contributed by atoms with Crippen molar-refractivity contribution in [3.8, 4) is 0 Å². The molecular weight excluding hydrogens is 434 g/mol. The Hall–Kier alpha value is -2.11. The molecule has 1 fully saturated rings. The van der Waals surface area contributed by atoms with Gasteiger partial charge in [0, 0.05) is 24.2 Å². The van der Waals surface area contributed by atoms with Gasteiger partial charge in [-0.3, -0.25) is 4.72 Å². The minimum absolute atomic E-state index is 0.0535. The van der Waals surface area contributed by atoms with Gasteiger partial charge >= 0.3 is 6.18 Å². The van der Waals surface area contributed by atoms with E-state index in [1.165, 1.54) is 29.0 Å². The molecule has 6 nitrogen and oxygen atoms in total. The SMILES string of the molecule is CC.CNSc1ccc(Nc2ncc(C(F)(F)F)c(N3CCC(C)(O)CC3)n2)c(F)c1. The zero-order valence-electron chi connectivity index (χ0n) is 17.8. The third-order valence-electron chi connectivity index (χ3n) is 4.62. The topological polar surface area (TPSA) is 73.3 Å². The van der Waals surface area contributed by atoms with Gasteiger partial charge in [0.15, 0.2) is 0 Å². The molecule has 0 bridgehead atoms. The molecule has 0 radical (unpaired) electrons. The number of aliphatic hydroxyl groups is 1. The molecule has 3 N–H and O–H groups in total. The maximum Gasteiger partial charge on any atom is 0.421 e. The summed E-state index contributed by atoms with van der Waals surface area (Å²) in [5.74, 6) is -1.00. The zero-order chi connectivity index (χ0) is 23.2. The average Bonchev–Trinajstić information content (AvgIpc) is 2.71. The molecule has 0 aliphatic carbocycles. The Morgan fingerprint density at radius 1 is 1.19 bits per heavy atom. The highest BCUT2D eigenvalue weighted by atomic mass is 32.2. The molecule has 0 saturated carbocycles. The van der Waals surface area contributed by atoms with Crippen LogP contribution in [0.4, 0.5) is 35.0 Å². The van der Waals surface area contributed by atoms with Crippen LogP contribution in [0.25, 0.3) is 0 Å². The fourth-order valence-corrected chi connectivity index (χ4v) is 3.51. The van der Waals surface area contributed by atoms with Gasteiger partial charge in [-0.05, 0) is 57.0 Å². The fraction of sp³-hybridized carbons (Fsp3) is 0.500. The van der Waals surface area contributed by atoms with Gasteiger partial charge in [-0.25, -0.2) is 9.37 Å². The van der Waals surface area contributed by atoms with Crippen LogP contribution in [0, 0.1) is 5.82 Å². The maximum absolute atomic E-state index is 14.3. The van der Waals surface area contributed by atoms with Crippen molar-refractivity contribution in [3.63, 3.8) is 0 Å². The summed E-state index contributed by atoms with van der Waals surface area (Å²) in [5.41, 5.74) is -1.83. The number of anilines is 3. The van der Waals surface area contributed by atoms with Crippen LogP contribution in [0.2, 0.25) is 0 Å². The maximum atomic E-state index is 14.3. The first kappa shape index (κ1) is 25.2. The normalized spacial score (nSPS) is 15.8. The van der Waals surface area contributed by atoms with E-state index >= 15 is 0 Å². The Morgan fingerprint density at radius 2 is 1.84 bits per heavy atom. The average molecular weight is 462 g/mol. The van der Waals surface area contributed by atoms with Crippen LogP contribution in [0.3, 0.4) is 0 Å². The summed E-state index contributed by atoms with van der Waals surface area (Å²) >= 11 is 1.23. The molecule has 1 saturated heterocycles.